The number of aryl methyl sites for hydroxylation is 1. The van der Waals surface area contributed by atoms with Gasteiger partial charge in [-0.1, -0.05) is 0 Å². The first-order valence-corrected chi connectivity index (χ1v) is 8.65. The molecule has 0 saturated carbocycles. The molecule has 1 amide bonds. The smallest absolute Gasteiger partial charge is 0.268 e. The highest BCUT2D eigenvalue weighted by molar-refractivity contribution is 5.78. The van der Waals surface area contributed by atoms with Crippen LogP contribution >= 0.6 is 0 Å². The summed E-state index contributed by atoms with van der Waals surface area (Å²) in [6, 6.07) is 3.61. The molecule has 0 N–H and O–H groups in total. The summed E-state index contributed by atoms with van der Waals surface area (Å²) >= 11 is 0. The van der Waals surface area contributed by atoms with Gasteiger partial charge in [0, 0.05) is 32.4 Å². The molecule has 1 aliphatic rings. The van der Waals surface area contributed by atoms with Crippen LogP contribution in [0.2, 0.25) is 0 Å². The summed E-state index contributed by atoms with van der Waals surface area (Å²) in [6.45, 7) is 1.24. The van der Waals surface area contributed by atoms with E-state index in [2.05, 4.69) is 4.98 Å². The Morgan fingerprint density at radius 2 is 1.85 bits per heavy atom. The molecule has 1 aromatic heterocycles. The van der Waals surface area contributed by atoms with Crippen LogP contribution in [0.15, 0.2) is 35.4 Å². The Bertz CT molecular complexity index is 838. The number of benzene rings is 1. The van der Waals surface area contributed by atoms with Gasteiger partial charge >= 0.3 is 0 Å². The molecule has 1 aliphatic heterocycles. The molecule has 0 bridgehead atoms. The third-order valence-electron chi connectivity index (χ3n) is 4.78. The van der Waals surface area contributed by atoms with E-state index in [1.807, 2.05) is 0 Å². The summed E-state index contributed by atoms with van der Waals surface area (Å²) < 4.78 is 28.0. The van der Waals surface area contributed by atoms with E-state index >= 15 is 0 Å². The summed E-state index contributed by atoms with van der Waals surface area (Å²) in [4.78, 5) is 29.6. The summed E-state index contributed by atoms with van der Waals surface area (Å²) in [6.07, 6.45) is 5.15. The maximum Gasteiger partial charge on any atom is 0.268 e. The first-order valence-electron chi connectivity index (χ1n) is 8.65. The Morgan fingerprint density at radius 1 is 1.19 bits per heavy atom. The van der Waals surface area contributed by atoms with E-state index in [4.69, 9.17) is 0 Å². The standard InChI is InChI=1S/C19H21F2N3O2/c1-23-12-17(22-11-19(23)26)10-18(25)24-4-2-13(3-5-24)6-14-7-15(20)9-16(21)8-14/h7-9,11-13H,2-6,10H2,1H3. The van der Waals surface area contributed by atoms with Gasteiger partial charge in [-0.2, -0.15) is 0 Å². The second-order valence-electron chi connectivity index (χ2n) is 6.81. The number of nitrogens with zero attached hydrogens (tertiary/aromatic N) is 3. The Morgan fingerprint density at radius 3 is 2.46 bits per heavy atom. The predicted molar refractivity (Wildman–Crippen MR) is 92.5 cm³/mol. The van der Waals surface area contributed by atoms with Gasteiger partial charge < -0.3 is 9.47 Å². The van der Waals surface area contributed by atoms with Crippen molar-refractivity contribution < 1.29 is 13.6 Å². The van der Waals surface area contributed by atoms with Gasteiger partial charge in [0.05, 0.1) is 18.3 Å². The fraction of sp³-hybridized carbons (Fsp3) is 0.421. The SMILES string of the molecule is Cn1cc(CC(=O)N2CCC(Cc3cc(F)cc(F)c3)CC2)ncc1=O. The van der Waals surface area contributed by atoms with Gasteiger partial charge in [-0.15, -0.1) is 0 Å². The molecule has 0 atom stereocenters. The lowest BCUT2D eigenvalue weighted by atomic mass is 9.90. The summed E-state index contributed by atoms with van der Waals surface area (Å²) in [5.74, 6) is -0.836. The number of hydrogen-bond donors (Lipinski definition) is 0. The number of likely N-dealkylation sites (tertiary alicyclic amines) is 1. The number of rotatable bonds is 4. The van der Waals surface area contributed by atoms with Crippen LogP contribution < -0.4 is 5.56 Å². The zero-order valence-corrected chi connectivity index (χ0v) is 14.6. The minimum atomic E-state index is -0.558. The molecule has 0 unspecified atom stereocenters. The molecule has 1 saturated heterocycles. The van der Waals surface area contributed by atoms with E-state index in [9.17, 15) is 18.4 Å². The fourth-order valence-electron chi connectivity index (χ4n) is 3.36. The highest BCUT2D eigenvalue weighted by Gasteiger charge is 2.23. The van der Waals surface area contributed by atoms with Crippen LogP contribution in [0.3, 0.4) is 0 Å². The van der Waals surface area contributed by atoms with Crippen LogP contribution in [0.5, 0.6) is 0 Å². The third-order valence-corrected chi connectivity index (χ3v) is 4.78. The molecule has 1 aromatic carbocycles. The Hall–Kier alpha value is -2.57. The number of hydrogen-bond acceptors (Lipinski definition) is 3. The first kappa shape index (κ1) is 18.2. The third kappa shape index (κ3) is 4.53. The van der Waals surface area contributed by atoms with E-state index in [0.29, 0.717) is 36.7 Å². The van der Waals surface area contributed by atoms with Crippen molar-refractivity contribution in [3.63, 3.8) is 0 Å². The van der Waals surface area contributed by atoms with Gasteiger partial charge in [0.15, 0.2) is 0 Å². The van der Waals surface area contributed by atoms with Crippen LogP contribution in [0.1, 0.15) is 24.1 Å². The Labute approximate surface area is 150 Å². The zero-order valence-electron chi connectivity index (χ0n) is 14.6. The summed E-state index contributed by atoms with van der Waals surface area (Å²) in [5, 5.41) is 0. The molecule has 2 aromatic rings. The molecule has 5 nitrogen and oxygen atoms in total. The maximum absolute atomic E-state index is 13.3. The maximum atomic E-state index is 13.3. The summed E-state index contributed by atoms with van der Waals surface area (Å²) in [7, 11) is 1.62. The average molecular weight is 361 g/mol. The number of halogens is 2. The van der Waals surface area contributed by atoms with Crippen molar-refractivity contribution in [2.24, 2.45) is 13.0 Å². The minimum absolute atomic E-state index is 0.0219. The van der Waals surface area contributed by atoms with E-state index in [1.54, 1.807) is 18.1 Å². The monoisotopic (exact) mass is 361 g/mol. The number of carbonyl (C=O) groups excluding carboxylic acids is 1. The minimum Gasteiger partial charge on any atom is -0.342 e. The van der Waals surface area contributed by atoms with Gasteiger partial charge in [0.25, 0.3) is 5.56 Å². The molecule has 0 radical (unpaired) electrons. The average Bonchev–Trinajstić information content (AvgIpc) is 2.58. The van der Waals surface area contributed by atoms with Crippen molar-refractivity contribution in [1.29, 1.82) is 0 Å². The molecule has 0 spiro atoms. The van der Waals surface area contributed by atoms with Crippen molar-refractivity contribution in [3.05, 3.63) is 63.8 Å². The molecule has 2 heterocycles. The second-order valence-corrected chi connectivity index (χ2v) is 6.81. The molecule has 3 rings (SSSR count). The van der Waals surface area contributed by atoms with Crippen LogP contribution in [0.25, 0.3) is 0 Å². The van der Waals surface area contributed by atoms with Crippen LogP contribution in [0.4, 0.5) is 8.78 Å². The van der Waals surface area contributed by atoms with Gasteiger partial charge in [0.1, 0.15) is 11.6 Å². The van der Waals surface area contributed by atoms with E-state index < -0.39 is 11.6 Å². The Kier molecular flexibility index (Phi) is 5.44. The van der Waals surface area contributed by atoms with Crippen LogP contribution in [-0.4, -0.2) is 33.4 Å². The molecule has 0 aliphatic carbocycles. The lowest BCUT2D eigenvalue weighted by molar-refractivity contribution is -0.131. The quantitative estimate of drug-likeness (QED) is 0.838. The van der Waals surface area contributed by atoms with Gasteiger partial charge in [0.2, 0.25) is 5.91 Å². The van der Waals surface area contributed by atoms with Gasteiger partial charge in [-0.05, 0) is 42.9 Å². The fourth-order valence-corrected chi connectivity index (χ4v) is 3.36. The zero-order chi connectivity index (χ0) is 18.7. The van der Waals surface area contributed by atoms with Crippen molar-refractivity contribution in [1.82, 2.24) is 14.5 Å². The molecule has 7 heteroatoms. The highest BCUT2D eigenvalue weighted by Crippen LogP contribution is 2.23. The number of aromatic nitrogens is 2. The Balaban J connectivity index is 1.53. The normalized spacial score (nSPS) is 15.3. The molecule has 1 fully saturated rings. The van der Waals surface area contributed by atoms with Crippen molar-refractivity contribution in [2.45, 2.75) is 25.7 Å². The van der Waals surface area contributed by atoms with E-state index in [1.165, 1.54) is 22.9 Å². The van der Waals surface area contributed by atoms with Crippen molar-refractivity contribution in [2.75, 3.05) is 13.1 Å². The molecule has 138 valence electrons. The highest BCUT2D eigenvalue weighted by atomic mass is 19.1. The lowest BCUT2D eigenvalue weighted by Crippen LogP contribution is -2.40. The predicted octanol–water partition coefficient (Wildman–Crippen LogP) is 2.08. The topological polar surface area (TPSA) is 55.2 Å². The van der Waals surface area contributed by atoms with Crippen molar-refractivity contribution >= 4 is 5.91 Å². The van der Waals surface area contributed by atoms with Crippen LogP contribution in [0, 0.1) is 17.6 Å². The van der Waals surface area contributed by atoms with Crippen molar-refractivity contribution in [3.8, 4) is 0 Å². The largest absolute Gasteiger partial charge is 0.342 e. The number of amides is 1. The molecular weight excluding hydrogens is 340 g/mol. The molecule has 26 heavy (non-hydrogen) atoms. The van der Waals surface area contributed by atoms with Gasteiger partial charge in [-0.3, -0.25) is 14.6 Å². The first-order chi connectivity index (χ1) is 12.4. The lowest BCUT2D eigenvalue weighted by Gasteiger charge is -2.32. The van der Waals surface area contributed by atoms with Gasteiger partial charge in [-0.25, -0.2) is 8.78 Å². The number of carbonyl (C=O) groups is 1. The van der Waals surface area contributed by atoms with Crippen LogP contribution in [-0.2, 0) is 24.7 Å². The second kappa shape index (κ2) is 7.76. The van der Waals surface area contributed by atoms with E-state index in [0.717, 1.165) is 18.9 Å². The van der Waals surface area contributed by atoms with E-state index in [-0.39, 0.29) is 17.9 Å². The molecular formula is C19H21F2N3O2. The summed E-state index contributed by atoms with van der Waals surface area (Å²) in [5.41, 5.74) is 1.01. The number of piperidine rings is 1.